The van der Waals surface area contributed by atoms with Gasteiger partial charge >= 0.3 is 12.1 Å². The van der Waals surface area contributed by atoms with Crippen molar-refractivity contribution in [1.82, 2.24) is 10.6 Å². The van der Waals surface area contributed by atoms with Crippen molar-refractivity contribution in [3.05, 3.63) is 59.7 Å². The van der Waals surface area contributed by atoms with E-state index in [9.17, 15) is 14.4 Å². The molecular formula is C26H32N2O5. The number of rotatable bonds is 11. The molecule has 176 valence electrons. The zero-order valence-electron chi connectivity index (χ0n) is 19.2. The Morgan fingerprint density at radius 2 is 1.52 bits per heavy atom. The van der Waals surface area contributed by atoms with Gasteiger partial charge in [0.25, 0.3) is 0 Å². The van der Waals surface area contributed by atoms with Gasteiger partial charge in [-0.15, -0.1) is 0 Å². The van der Waals surface area contributed by atoms with Gasteiger partial charge in [-0.05, 0) is 35.1 Å². The largest absolute Gasteiger partial charge is 0.481 e. The third-order valence-corrected chi connectivity index (χ3v) is 6.01. The molecule has 0 unspecified atom stereocenters. The molecule has 0 saturated heterocycles. The lowest BCUT2D eigenvalue weighted by atomic mass is 9.98. The zero-order valence-corrected chi connectivity index (χ0v) is 19.2. The maximum Gasteiger partial charge on any atom is 0.407 e. The Kier molecular flexibility index (Phi) is 8.46. The summed E-state index contributed by atoms with van der Waals surface area (Å²) in [5, 5.41) is 14.6. The molecule has 1 aliphatic carbocycles. The van der Waals surface area contributed by atoms with Crippen LogP contribution in [-0.4, -0.2) is 41.8 Å². The highest BCUT2D eigenvalue weighted by molar-refractivity contribution is 5.80. The molecule has 33 heavy (non-hydrogen) atoms. The standard InChI is InChI=1S/C26H32N2O5/c1-3-9-18(15-25(30)31)27-24(29)14-17(4-2)28-26(32)33-16-23-21-12-7-5-10-19(21)20-11-6-8-13-22(20)23/h5-8,10-13,17-18,23H,3-4,9,14-16H2,1-2H3,(H,27,29)(H,28,32)(H,30,31)/t17-,18+/m1/s1. The van der Waals surface area contributed by atoms with Gasteiger partial charge in [0.15, 0.2) is 0 Å². The van der Waals surface area contributed by atoms with Crippen LogP contribution in [-0.2, 0) is 14.3 Å². The minimum atomic E-state index is -0.947. The summed E-state index contributed by atoms with van der Waals surface area (Å²) in [5.74, 6) is -1.25. The Hall–Kier alpha value is -3.35. The SMILES string of the molecule is CCC[C@@H](CC(=O)O)NC(=O)C[C@@H](CC)NC(=O)OCC1c2ccccc2-c2ccccc21. The summed E-state index contributed by atoms with van der Waals surface area (Å²) in [7, 11) is 0. The molecule has 0 aliphatic heterocycles. The lowest BCUT2D eigenvalue weighted by molar-refractivity contribution is -0.137. The number of hydrogen-bond donors (Lipinski definition) is 3. The highest BCUT2D eigenvalue weighted by atomic mass is 16.5. The van der Waals surface area contributed by atoms with E-state index in [-0.39, 0.29) is 31.3 Å². The summed E-state index contributed by atoms with van der Waals surface area (Å²) in [6.45, 7) is 4.02. The van der Waals surface area contributed by atoms with Crippen LogP contribution in [0.25, 0.3) is 11.1 Å². The Balaban J connectivity index is 1.54. The van der Waals surface area contributed by atoms with E-state index < -0.39 is 24.1 Å². The number of carbonyl (C=O) groups excluding carboxylic acids is 2. The van der Waals surface area contributed by atoms with E-state index in [0.717, 1.165) is 28.7 Å². The first-order valence-electron chi connectivity index (χ1n) is 11.6. The van der Waals surface area contributed by atoms with Crippen molar-refractivity contribution in [1.29, 1.82) is 0 Å². The van der Waals surface area contributed by atoms with Gasteiger partial charge in [-0.3, -0.25) is 9.59 Å². The molecule has 0 fully saturated rings. The van der Waals surface area contributed by atoms with Crippen molar-refractivity contribution in [2.45, 2.75) is 64.0 Å². The lowest BCUT2D eigenvalue weighted by Gasteiger charge is -2.21. The molecule has 0 saturated carbocycles. The van der Waals surface area contributed by atoms with Gasteiger partial charge in [-0.25, -0.2) is 4.79 Å². The first-order valence-corrected chi connectivity index (χ1v) is 11.6. The predicted octanol–water partition coefficient (Wildman–Crippen LogP) is 4.45. The Morgan fingerprint density at radius 3 is 2.06 bits per heavy atom. The topological polar surface area (TPSA) is 105 Å². The van der Waals surface area contributed by atoms with Crippen LogP contribution >= 0.6 is 0 Å². The minimum absolute atomic E-state index is 0.0302. The fourth-order valence-electron chi connectivity index (χ4n) is 4.40. The number of hydrogen-bond acceptors (Lipinski definition) is 4. The van der Waals surface area contributed by atoms with E-state index in [2.05, 4.69) is 34.9 Å². The summed E-state index contributed by atoms with van der Waals surface area (Å²) in [6, 6.07) is 15.5. The number of aliphatic carboxylic acids is 1. The molecule has 2 aromatic rings. The van der Waals surface area contributed by atoms with Gasteiger partial charge in [0, 0.05) is 24.4 Å². The molecule has 7 nitrogen and oxygen atoms in total. The summed E-state index contributed by atoms with van der Waals surface area (Å²) in [5.41, 5.74) is 4.60. The highest BCUT2D eigenvalue weighted by Crippen LogP contribution is 2.44. The second-order valence-electron chi connectivity index (χ2n) is 8.43. The third-order valence-electron chi connectivity index (χ3n) is 6.01. The van der Waals surface area contributed by atoms with Gasteiger partial charge in [0.2, 0.25) is 5.91 Å². The van der Waals surface area contributed by atoms with Crippen molar-refractivity contribution in [3.8, 4) is 11.1 Å². The molecule has 0 aromatic heterocycles. The fourth-order valence-corrected chi connectivity index (χ4v) is 4.40. The molecule has 2 aromatic carbocycles. The van der Waals surface area contributed by atoms with Crippen LogP contribution in [0, 0.1) is 0 Å². The molecule has 3 rings (SSSR count). The number of carbonyl (C=O) groups is 3. The van der Waals surface area contributed by atoms with Crippen molar-refractivity contribution >= 4 is 18.0 Å². The molecule has 7 heteroatoms. The van der Waals surface area contributed by atoms with Crippen LogP contribution in [0.15, 0.2) is 48.5 Å². The summed E-state index contributed by atoms with van der Waals surface area (Å²) < 4.78 is 5.57. The van der Waals surface area contributed by atoms with Gasteiger partial charge in [-0.2, -0.15) is 0 Å². The third kappa shape index (κ3) is 6.34. The average molecular weight is 453 g/mol. The van der Waals surface area contributed by atoms with E-state index in [4.69, 9.17) is 9.84 Å². The number of benzene rings is 2. The number of amides is 2. The average Bonchev–Trinajstić information content (AvgIpc) is 3.10. The van der Waals surface area contributed by atoms with Crippen molar-refractivity contribution in [2.24, 2.45) is 0 Å². The van der Waals surface area contributed by atoms with Gasteiger partial charge in [0.05, 0.1) is 6.42 Å². The molecular weight excluding hydrogens is 420 g/mol. The molecule has 2 atom stereocenters. The maximum atomic E-state index is 12.5. The van der Waals surface area contributed by atoms with Crippen LogP contribution in [0.2, 0.25) is 0 Å². The molecule has 0 heterocycles. The van der Waals surface area contributed by atoms with Gasteiger partial charge in [-0.1, -0.05) is 68.8 Å². The van der Waals surface area contributed by atoms with Crippen LogP contribution < -0.4 is 10.6 Å². The Bertz CT molecular complexity index is 945. The maximum absolute atomic E-state index is 12.5. The number of alkyl carbamates (subject to hydrolysis) is 1. The first kappa shape index (κ1) is 24.3. The van der Waals surface area contributed by atoms with Gasteiger partial charge in [0.1, 0.15) is 6.61 Å². The predicted molar refractivity (Wildman–Crippen MR) is 126 cm³/mol. The minimum Gasteiger partial charge on any atom is -0.481 e. The monoisotopic (exact) mass is 452 g/mol. The molecule has 0 spiro atoms. The number of carboxylic acid groups (broad SMARTS) is 1. The van der Waals surface area contributed by atoms with Gasteiger partial charge < -0.3 is 20.5 Å². The van der Waals surface area contributed by atoms with E-state index in [0.29, 0.717) is 12.8 Å². The number of fused-ring (bicyclic) bond motifs is 3. The summed E-state index contributed by atoms with van der Waals surface area (Å²) >= 11 is 0. The van der Waals surface area contributed by atoms with Crippen LogP contribution in [0.1, 0.15) is 63.0 Å². The highest BCUT2D eigenvalue weighted by Gasteiger charge is 2.29. The van der Waals surface area contributed by atoms with Crippen molar-refractivity contribution < 1.29 is 24.2 Å². The summed E-state index contributed by atoms with van der Waals surface area (Å²) in [4.78, 5) is 35.9. The van der Waals surface area contributed by atoms with Crippen molar-refractivity contribution in [2.75, 3.05) is 6.61 Å². The number of ether oxygens (including phenoxy) is 1. The normalized spacial score (nSPS) is 14.0. The second kappa shape index (κ2) is 11.5. The smallest absolute Gasteiger partial charge is 0.407 e. The lowest BCUT2D eigenvalue weighted by Crippen LogP contribution is -2.42. The fraction of sp³-hybridized carbons (Fsp3) is 0.423. The molecule has 0 radical (unpaired) electrons. The van der Waals surface area contributed by atoms with E-state index in [1.54, 1.807) is 0 Å². The van der Waals surface area contributed by atoms with E-state index in [1.165, 1.54) is 0 Å². The van der Waals surface area contributed by atoms with E-state index >= 15 is 0 Å². The molecule has 0 bridgehead atoms. The zero-order chi connectivity index (χ0) is 23.8. The number of carboxylic acids is 1. The van der Waals surface area contributed by atoms with Crippen molar-refractivity contribution in [3.63, 3.8) is 0 Å². The second-order valence-corrected chi connectivity index (χ2v) is 8.43. The van der Waals surface area contributed by atoms with Crippen LogP contribution in [0.5, 0.6) is 0 Å². The summed E-state index contributed by atoms with van der Waals surface area (Å²) in [6.07, 6.45) is 1.31. The molecule has 1 aliphatic rings. The van der Waals surface area contributed by atoms with Crippen LogP contribution in [0.3, 0.4) is 0 Å². The Labute approximate surface area is 194 Å². The molecule has 2 amide bonds. The number of nitrogens with one attached hydrogen (secondary N) is 2. The first-order chi connectivity index (χ1) is 15.9. The van der Waals surface area contributed by atoms with Crippen LogP contribution in [0.4, 0.5) is 4.79 Å². The van der Waals surface area contributed by atoms with E-state index in [1.807, 2.05) is 38.1 Å². The Morgan fingerprint density at radius 1 is 0.909 bits per heavy atom. The quantitative estimate of drug-likeness (QED) is 0.467. The molecule has 3 N–H and O–H groups in total.